The quantitative estimate of drug-likeness (QED) is 0.502. The summed E-state index contributed by atoms with van der Waals surface area (Å²) in [4.78, 5) is 23.0. The number of allylic oxidation sites excluding steroid dienone is 2. The molecule has 0 bridgehead atoms. The fourth-order valence-corrected chi connectivity index (χ4v) is 6.89. The van der Waals surface area contributed by atoms with Crippen molar-refractivity contribution in [2.45, 2.75) is 64.4 Å². The van der Waals surface area contributed by atoms with E-state index in [4.69, 9.17) is 9.47 Å². The van der Waals surface area contributed by atoms with Crippen molar-refractivity contribution in [1.29, 1.82) is 0 Å². The summed E-state index contributed by atoms with van der Waals surface area (Å²) in [5.41, 5.74) is 6.46. The van der Waals surface area contributed by atoms with Crippen molar-refractivity contribution in [3.63, 3.8) is 0 Å². The Labute approximate surface area is 178 Å². The maximum Gasteiger partial charge on any atom is 0.302 e. The van der Waals surface area contributed by atoms with E-state index in [-0.39, 0.29) is 17.5 Å². The van der Waals surface area contributed by atoms with Gasteiger partial charge < -0.3 is 9.47 Å². The summed E-state index contributed by atoms with van der Waals surface area (Å²) >= 11 is 0. The highest BCUT2D eigenvalue weighted by atomic mass is 16.5. The summed E-state index contributed by atoms with van der Waals surface area (Å²) in [6.07, 6.45) is 9.16. The van der Waals surface area contributed by atoms with E-state index in [1.807, 2.05) is 18.4 Å². The second-order valence-corrected chi connectivity index (χ2v) is 9.67. The van der Waals surface area contributed by atoms with Gasteiger partial charge in [0, 0.05) is 30.2 Å². The van der Waals surface area contributed by atoms with Crippen LogP contribution in [-0.4, -0.2) is 25.0 Å². The number of esters is 1. The van der Waals surface area contributed by atoms with Gasteiger partial charge in [-0.1, -0.05) is 36.8 Å². The number of benzene rings is 1. The highest BCUT2D eigenvalue weighted by Gasteiger charge is 2.57. The highest BCUT2D eigenvalue weighted by molar-refractivity contribution is 5.74. The minimum atomic E-state index is -0.170. The Morgan fingerprint density at radius 1 is 1.17 bits per heavy atom. The number of carbonyl (C=O) groups is 2. The zero-order valence-corrected chi connectivity index (χ0v) is 17.9. The molecule has 5 rings (SSSR count). The molecule has 0 aromatic heterocycles. The van der Waals surface area contributed by atoms with E-state index in [0.717, 1.165) is 51.4 Å². The normalized spacial score (nSPS) is 34.8. The molecule has 0 amide bonds. The second-order valence-electron chi connectivity index (χ2n) is 9.67. The van der Waals surface area contributed by atoms with Crippen molar-refractivity contribution < 1.29 is 19.1 Å². The Bertz CT molecular complexity index is 925. The SMILES string of the molecule is CC(=O)O[C@H]1CCC2C3CCC4=COCCC4=C3[C@@H](c3ccc(C=O)cc3)C[C@@]21C. The van der Waals surface area contributed by atoms with Gasteiger partial charge in [-0.05, 0) is 60.6 Å². The average Bonchev–Trinajstić information content (AvgIpc) is 3.08. The summed E-state index contributed by atoms with van der Waals surface area (Å²) in [5, 5.41) is 0. The smallest absolute Gasteiger partial charge is 0.302 e. The topological polar surface area (TPSA) is 52.6 Å². The largest absolute Gasteiger partial charge is 0.501 e. The third-order valence-corrected chi connectivity index (χ3v) is 8.17. The van der Waals surface area contributed by atoms with E-state index in [0.29, 0.717) is 23.3 Å². The van der Waals surface area contributed by atoms with Crippen LogP contribution >= 0.6 is 0 Å². The maximum atomic E-state index is 11.8. The lowest BCUT2D eigenvalue weighted by Gasteiger charge is -2.52. The molecule has 1 aromatic carbocycles. The number of carbonyl (C=O) groups excluding carboxylic acids is 2. The zero-order chi connectivity index (χ0) is 20.9. The fourth-order valence-electron chi connectivity index (χ4n) is 6.89. The van der Waals surface area contributed by atoms with Crippen LogP contribution in [0.5, 0.6) is 0 Å². The van der Waals surface area contributed by atoms with Gasteiger partial charge in [0.15, 0.2) is 0 Å². The predicted octanol–water partition coefficient (Wildman–Crippen LogP) is 5.35. The number of rotatable bonds is 3. The number of hydrogen-bond donors (Lipinski definition) is 0. The molecule has 1 aromatic rings. The summed E-state index contributed by atoms with van der Waals surface area (Å²) in [6.45, 7) is 4.63. The maximum absolute atomic E-state index is 11.8. The molecule has 0 radical (unpaired) electrons. The minimum absolute atomic E-state index is 0.00470. The van der Waals surface area contributed by atoms with Crippen molar-refractivity contribution in [2.24, 2.45) is 17.3 Å². The van der Waals surface area contributed by atoms with Gasteiger partial charge in [0.25, 0.3) is 0 Å². The molecule has 1 heterocycles. The predicted molar refractivity (Wildman–Crippen MR) is 114 cm³/mol. The van der Waals surface area contributed by atoms with Crippen LogP contribution in [0.2, 0.25) is 0 Å². The monoisotopic (exact) mass is 406 g/mol. The lowest BCUT2D eigenvalue weighted by atomic mass is 9.53. The molecule has 4 nitrogen and oxygen atoms in total. The van der Waals surface area contributed by atoms with Crippen LogP contribution in [0.3, 0.4) is 0 Å². The first-order valence-corrected chi connectivity index (χ1v) is 11.3. The van der Waals surface area contributed by atoms with Gasteiger partial charge in [-0.3, -0.25) is 9.59 Å². The molecule has 30 heavy (non-hydrogen) atoms. The first-order valence-electron chi connectivity index (χ1n) is 11.3. The molecule has 4 heteroatoms. The number of aldehydes is 1. The Balaban J connectivity index is 1.62. The molecule has 5 atom stereocenters. The highest BCUT2D eigenvalue weighted by Crippen LogP contribution is 2.64. The molecule has 3 aliphatic carbocycles. The number of fused-ring (bicyclic) bond motifs is 4. The Morgan fingerprint density at radius 2 is 1.97 bits per heavy atom. The lowest BCUT2D eigenvalue weighted by Crippen LogP contribution is -2.46. The van der Waals surface area contributed by atoms with Crippen molar-refractivity contribution in [3.05, 3.63) is 58.4 Å². The summed E-state index contributed by atoms with van der Waals surface area (Å²) in [6, 6.07) is 8.10. The van der Waals surface area contributed by atoms with Crippen LogP contribution in [0.15, 0.2) is 47.2 Å². The fraction of sp³-hybridized carbons (Fsp3) is 0.538. The molecule has 158 valence electrons. The first-order chi connectivity index (χ1) is 14.5. The van der Waals surface area contributed by atoms with Crippen LogP contribution in [-0.2, 0) is 14.3 Å². The van der Waals surface area contributed by atoms with Crippen molar-refractivity contribution in [3.8, 4) is 0 Å². The van der Waals surface area contributed by atoms with Crippen LogP contribution in [0.25, 0.3) is 0 Å². The zero-order valence-electron chi connectivity index (χ0n) is 17.9. The summed E-state index contributed by atoms with van der Waals surface area (Å²) < 4.78 is 11.5. The standard InChI is InChI=1S/C26H30O4/c1-16(28)30-24-10-9-23-21-8-7-19-15-29-12-11-20(19)25(21)22(13-26(23,24)2)18-5-3-17(14-27)4-6-18/h3-6,14-15,21-24H,7-13H2,1-2H3/t21?,22-,23?,24+,26+/m1/s1. The summed E-state index contributed by atoms with van der Waals surface area (Å²) in [5.74, 6) is 1.21. The van der Waals surface area contributed by atoms with Crippen molar-refractivity contribution in [1.82, 2.24) is 0 Å². The van der Waals surface area contributed by atoms with Gasteiger partial charge in [-0.2, -0.15) is 0 Å². The van der Waals surface area contributed by atoms with E-state index in [9.17, 15) is 9.59 Å². The molecule has 0 N–H and O–H groups in total. The molecule has 2 saturated carbocycles. The van der Waals surface area contributed by atoms with E-state index in [1.54, 1.807) is 5.57 Å². The molecular weight excluding hydrogens is 376 g/mol. The minimum Gasteiger partial charge on any atom is -0.501 e. The van der Waals surface area contributed by atoms with Crippen LogP contribution < -0.4 is 0 Å². The molecule has 4 aliphatic rings. The number of ether oxygens (including phenoxy) is 2. The lowest BCUT2D eigenvalue weighted by molar-refractivity contribution is -0.154. The summed E-state index contributed by atoms with van der Waals surface area (Å²) in [7, 11) is 0. The third-order valence-electron chi connectivity index (χ3n) is 8.17. The van der Waals surface area contributed by atoms with Gasteiger partial charge in [-0.25, -0.2) is 0 Å². The number of hydrogen-bond acceptors (Lipinski definition) is 4. The van der Waals surface area contributed by atoms with Crippen molar-refractivity contribution >= 4 is 12.3 Å². The van der Waals surface area contributed by atoms with Crippen LogP contribution in [0.4, 0.5) is 0 Å². The first kappa shape index (κ1) is 19.6. The van der Waals surface area contributed by atoms with Gasteiger partial charge in [0.05, 0.1) is 12.9 Å². The van der Waals surface area contributed by atoms with E-state index in [2.05, 4.69) is 19.1 Å². The Morgan fingerprint density at radius 3 is 2.70 bits per heavy atom. The van der Waals surface area contributed by atoms with E-state index in [1.165, 1.54) is 23.6 Å². The van der Waals surface area contributed by atoms with Gasteiger partial charge in [0.1, 0.15) is 12.4 Å². The van der Waals surface area contributed by atoms with Crippen molar-refractivity contribution in [2.75, 3.05) is 6.61 Å². The molecule has 2 unspecified atom stereocenters. The molecule has 0 saturated heterocycles. The van der Waals surface area contributed by atoms with Gasteiger partial charge in [0.2, 0.25) is 0 Å². The second kappa shape index (κ2) is 7.40. The van der Waals surface area contributed by atoms with E-state index >= 15 is 0 Å². The van der Waals surface area contributed by atoms with E-state index < -0.39 is 0 Å². The third kappa shape index (κ3) is 3.03. The molecule has 0 spiro atoms. The average molecular weight is 407 g/mol. The van der Waals surface area contributed by atoms with Crippen LogP contribution in [0.1, 0.15) is 74.2 Å². The van der Waals surface area contributed by atoms with Gasteiger partial charge >= 0.3 is 5.97 Å². The Kier molecular flexibility index (Phi) is 4.83. The molecular formula is C26H30O4. The molecule has 1 aliphatic heterocycles. The Hall–Kier alpha value is -2.36. The van der Waals surface area contributed by atoms with Gasteiger partial charge in [-0.15, -0.1) is 0 Å². The molecule has 2 fully saturated rings. The van der Waals surface area contributed by atoms with Crippen LogP contribution in [0, 0.1) is 17.3 Å².